The summed E-state index contributed by atoms with van der Waals surface area (Å²) in [5.74, 6) is -0.349. The Morgan fingerprint density at radius 3 is 2.48 bits per heavy atom. The topological polar surface area (TPSA) is 77.2 Å². The highest BCUT2D eigenvalue weighted by Gasteiger charge is 2.21. The van der Waals surface area contributed by atoms with Gasteiger partial charge >= 0.3 is 5.97 Å². The van der Waals surface area contributed by atoms with Crippen molar-refractivity contribution in [3.05, 3.63) is 23.4 Å². The molecule has 114 valence electrons. The van der Waals surface area contributed by atoms with Crippen LogP contribution in [0.3, 0.4) is 0 Å². The summed E-state index contributed by atoms with van der Waals surface area (Å²) in [7, 11) is 0. The number of carbonyl (C=O) groups is 1. The number of hydrogen-bond donors (Lipinski definition) is 1. The number of carboxylic acid groups (broad SMARTS) is 1. The Morgan fingerprint density at radius 1 is 1.43 bits per heavy atom. The lowest BCUT2D eigenvalue weighted by atomic mass is 9.90. The number of carboxylic acids is 1. The SMILES string of the molecule is CC(C)N(CCC#N)c1cc(C(=O)O)cc(C(C)(C)C)n1. The minimum atomic E-state index is -0.965. The number of nitriles is 1. The zero-order chi connectivity index (χ0) is 16.2. The van der Waals surface area contributed by atoms with Gasteiger partial charge in [0, 0.05) is 23.7 Å². The molecular weight excluding hydrogens is 266 g/mol. The molecule has 5 nitrogen and oxygen atoms in total. The molecule has 1 heterocycles. The van der Waals surface area contributed by atoms with E-state index < -0.39 is 5.97 Å². The molecule has 0 unspecified atom stereocenters. The fraction of sp³-hybridized carbons (Fsp3) is 0.562. The number of aromatic nitrogens is 1. The van der Waals surface area contributed by atoms with Gasteiger partial charge in [0.2, 0.25) is 0 Å². The molecule has 0 radical (unpaired) electrons. The van der Waals surface area contributed by atoms with Crippen molar-refractivity contribution in [3.63, 3.8) is 0 Å². The van der Waals surface area contributed by atoms with Crippen LogP contribution in [0.15, 0.2) is 12.1 Å². The Bertz CT molecular complexity index is 554. The van der Waals surface area contributed by atoms with Gasteiger partial charge in [0.1, 0.15) is 5.82 Å². The fourth-order valence-corrected chi connectivity index (χ4v) is 1.98. The average molecular weight is 289 g/mol. The summed E-state index contributed by atoms with van der Waals surface area (Å²) in [6, 6.07) is 5.46. The van der Waals surface area contributed by atoms with Crippen molar-refractivity contribution in [2.24, 2.45) is 0 Å². The second-order valence-corrected chi connectivity index (χ2v) is 6.35. The molecule has 0 amide bonds. The summed E-state index contributed by atoms with van der Waals surface area (Å²) in [6.45, 7) is 10.5. The third kappa shape index (κ3) is 4.45. The molecular formula is C16H23N3O2. The van der Waals surface area contributed by atoms with E-state index in [0.29, 0.717) is 18.8 Å². The largest absolute Gasteiger partial charge is 0.478 e. The molecule has 5 heteroatoms. The Morgan fingerprint density at radius 2 is 2.05 bits per heavy atom. The van der Waals surface area contributed by atoms with Crippen molar-refractivity contribution < 1.29 is 9.90 Å². The molecule has 0 aliphatic heterocycles. The zero-order valence-electron chi connectivity index (χ0n) is 13.3. The molecule has 0 saturated carbocycles. The molecule has 1 aromatic rings. The predicted octanol–water partition coefficient (Wildman–Crippen LogP) is 3.21. The van der Waals surface area contributed by atoms with Crippen molar-refractivity contribution in [1.29, 1.82) is 5.26 Å². The summed E-state index contributed by atoms with van der Waals surface area (Å²) in [6.07, 6.45) is 0.377. The van der Waals surface area contributed by atoms with Gasteiger partial charge in [-0.05, 0) is 26.0 Å². The first-order chi connectivity index (χ1) is 9.66. The highest BCUT2D eigenvalue weighted by molar-refractivity contribution is 5.88. The number of hydrogen-bond acceptors (Lipinski definition) is 4. The van der Waals surface area contributed by atoms with E-state index in [0.717, 1.165) is 5.69 Å². The second kappa shape index (κ2) is 6.57. The first-order valence-corrected chi connectivity index (χ1v) is 7.06. The van der Waals surface area contributed by atoms with Crippen molar-refractivity contribution in [2.45, 2.75) is 52.5 Å². The minimum absolute atomic E-state index is 0.141. The van der Waals surface area contributed by atoms with E-state index in [9.17, 15) is 9.90 Å². The normalized spacial score (nSPS) is 11.3. The zero-order valence-corrected chi connectivity index (χ0v) is 13.3. The van der Waals surface area contributed by atoms with Crippen LogP contribution in [-0.2, 0) is 5.41 Å². The molecule has 21 heavy (non-hydrogen) atoms. The summed E-state index contributed by atoms with van der Waals surface area (Å²) >= 11 is 0. The molecule has 0 aliphatic carbocycles. The standard InChI is InChI=1S/C16H23N3O2/c1-11(2)19(8-6-7-17)14-10-12(15(20)21)9-13(18-14)16(3,4)5/h9-11H,6,8H2,1-5H3,(H,20,21). The van der Waals surface area contributed by atoms with Gasteiger partial charge in [-0.2, -0.15) is 5.26 Å². The third-order valence-electron chi connectivity index (χ3n) is 3.21. The molecule has 0 aliphatic rings. The fourth-order valence-electron chi connectivity index (χ4n) is 1.98. The smallest absolute Gasteiger partial charge is 0.335 e. The number of nitrogens with zero attached hydrogens (tertiary/aromatic N) is 3. The van der Waals surface area contributed by atoms with Crippen LogP contribution in [0.1, 0.15) is 57.1 Å². The molecule has 1 N–H and O–H groups in total. The van der Waals surface area contributed by atoms with Crippen molar-refractivity contribution in [2.75, 3.05) is 11.4 Å². The maximum Gasteiger partial charge on any atom is 0.335 e. The molecule has 0 saturated heterocycles. The van der Waals surface area contributed by atoms with E-state index in [1.807, 2.05) is 39.5 Å². The van der Waals surface area contributed by atoms with Crippen LogP contribution in [0.25, 0.3) is 0 Å². The van der Waals surface area contributed by atoms with Gasteiger partial charge in [-0.1, -0.05) is 20.8 Å². The van der Waals surface area contributed by atoms with Crippen molar-refractivity contribution in [1.82, 2.24) is 4.98 Å². The molecule has 0 spiro atoms. The summed E-state index contributed by atoms with van der Waals surface area (Å²) in [5, 5.41) is 18.1. The van der Waals surface area contributed by atoms with E-state index in [-0.39, 0.29) is 17.0 Å². The lowest BCUT2D eigenvalue weighted by Crippen LogP contribution is -2.33. The number of anilines is 1. The Kier molecular flexibility index (Phi) is 5.31. The van der Waals surface area contributed by atoms with Gasteiger partial charge in [-0.25, -0.2) is 9.78 Å². The Hall–Kier alpha value is -2.09. The van der Waals surface area contributed by atoms with Gasteiger partial charge in [0.15, 0.2) is 0 Å². The van der Waals surface area contributed by atoms with Gasteiger partial charge in [0.25, 0.3) is 0 Å². The lowest BCUT2D eigenvalue weighted by molar-refractivity contribution is 0.0696. The number of rotatable bonds is 5. The van der Waals surface area contributed by atoms with Gasteiger partial charge in [0.05, 0.1) is 18.1 Å². The van der Waals surface area contributed by atoms with E-state index in [1.54, 1.807) is 12.1 Å². The van der Waals surface area contributed by atoms with Crippen LogP contribution in [-0.4, -0.2) is 28.6 Å². The Balaban J connectivity index is 3.35. The maximum atomic E-state index is 11.3. The average Bonchev–Trinajstić information content (AvgIpc) is 2.37. The highest BCUT2D eigenvalue weighted by atomic mass is 16.4. The maximum absolute atomic E-state index is 11.3. The molecule has 1 aromatic heterocycles. The Labute approximate surface area is 126 Å². The van der Waals surface area contributed by atoms with E-state index >= 15 is 0 Å². The van der Waals surface area contributed by atoms with Crippen molar-refractivity contribution in [3.8, 4) is 6.07 Å². The summed E-state index contributed by atoms with van der Waals surface area (Å²) in [4.78, 5) is 17.9. The summed E-state index contributed by atoms with van der Waals surface area (Å²) < 4.78 is 0. The van der Waals surface area contributed by atoms with Crippen LogP contribution in [0, 0.1) is 11.3 Å². The van der Waals surface area contributed by atoms with Crippen LogP contribution in [0.2, 0.25) is 0 Å². The van der Waals surface area contributed by atoms with Gasteiger partial charge in [-0.15, -0.1) is 0 Å². The van der Waals surface area contributed by atoms with Crippen LogP contribution in [0.5, 0.6) is 0 Å². The van der Waals surface area contributed by atoms with Crippen LogP contribution >= 0.6 is 0 Å². The first kappa shape index (κ1) is 17.0. The lowest BCUT2D eigenvalue weighted by Gasteiger charge is -2.29. The van der Waals surface area contributed by atoms with Gasteiger partial charge in [-0.3, -0.25) is 0 Å². The van der Waals surface area contributed by atoms with Crippen molar-refractivity contribution >= 4 is 11.8 Å². The summed E-state index contributed by atoms with van der Waals surface area (Å²) in [5.41, 5.74) is 0.727. The monoisotopic (exact) mass is 289 g/mol. The van der Waals surface area contributed by atoms with E-state index in [2.05, 4.69) is 11.1 Å². The highest BCUT2D eigenvalue weighted by Crippen LogP contribution is 2.26. The second-order valence-electron chi connectivity index (χ2n) is 6.35. The molecule has 1 rings (SSSR count). The van der Waals surface area contributed by atoms with Gasteiger partial charge < -0.3 is 10.0 Å². The molecule has 0 atom stereocenters. The molecule has 0 aromatic carbocycles. The number of aromatic carboxylic acids is 1. The predicted molar refractivity (Wildman–Crippen MR) is 82.6 cm³/mol. The third-order valence-corrected chi connectivity index (χ3v) is 3.21. The molecule has 0 fully saturated rings. The first-order valence-electron chi connectivity index (χ1n) is 7.06. The van der Waals surface area contributed by atoms with E-state index in [4.69, 9.17) is 5.26 Å². The molecule has 0 bridgehead atoms. The quantitative estimate of drug-likeness (QED) is 0.900. The number of pyridine rings is 1. The van der Waals surface area contributed by atoms with Crippen LogP contribution < -0.4 is 4.90 Å². The van der Waals surface area contributed by atoms with E-state index in [1.165, 1.54) is 0 Å². The van der Waals surface area contributed by atoms with Crippen LogP contribution in [0.4, 0.5) is 5.82 Å². The minimum Gasteiger partial charge on any atom is -0.478 e.